The topological polar surface area (TPSA) is 185 Å². The lowest BCUT2D eigenvalue weighted by molar-refractivity contribution is -0.145. The third-order valence-electron chi connectivity index (χ3n) is 8.34. The zero-order valence-electron chi connectivity index (χ0n) is 32.9. The molecule has 0 fully saturated rings. The summed E-state index contributed by atoms with van der Waals surface area (Å²) in [6, 6.07) is 14.5. The van der Waals surface area contributed by atoms with Crippen LogP contribution in [0.4, 0.5) is 0 Å². The van der Waals surface area contributed by atoms with E-state index in [4.69, 9.17) is 42.6 Å². The van der Waals surface area contributed by atoms with Crippen LogP contribution in [0.1, 0.15) is 58.9 Å². The highest BCUT2D eigenvalue weighted by Crippen LogP contribution is 2.40. The molecular formula is C44H40O15. The second-order valence-corrected chi connectivity index (χ2v) is 12.4. The minimum Gasteiger partial charge on any atom is -0.457 e. The maximum Gasteiger partial charge on any atom is 0.343 e. The molecule has 0 radical (unpaired) electrons. The maximum absolute atomic E-state index is 13.6. The van der Waals surface area contributed by atoms with E-state index in [1.165, 1.54) is 60.7 Å². The molecule has 0 unspecified atom stereocenters. The molecule has 0 N–H and O–H groups in total. The lowest BCUT2D eigenvalue weighted by atomic mass is 10.1. The Hall–Kier alpha value is -7.68. The Labute approximate surface area is 339 Å². The van der Waals surface area contributed by atoms with Crippen molar-refractivity contribution in [1.82, 2.24) is 0 Å². The molecule has 306 valence electrons. The van der Waals surface area contributed by atoms with Gasteiger partial charge in [-0.15, -0.1) is 0 Å². The molecule has 0 atom stereocenters. The summed E-state index contributed by atoms with van der Waals surface area (Å²) in [5.74, 6) is -3.86. The summed E-state index contributed by atoms with van der Waals surface area (Å²) in [6.07, 6.45) is 2.98. The van der Waals surface area contributed by atoms with E-state index >= 15 is 0 Å². The van der Waals surface area contributed by atoms with Crippen LogP contribution in [-0.4, -0.2) is 56.2 Å². The molecule has 0 amide bonds. The Kier molecular flexibility index (Phi) is 15.3. The highest BCUT2D eigenvalue weighted by atomic mass is 16.7. The van der Waals surface area contributed by atoms with E-state index in [2.05, 4.69) is 19.7 Å². The number of carbonyl (C=O) groups excluding carboxylic acids is 6. The lowest BCUT2D eigenvalue weighted by Gasteiger charge is -2.18. The molecule has 4 rings (SSSR count). The maximum atomic E-state index is 13.6. The highest BCUT2D eigenvalue weighted by Gasteiger charge is 2.25. The molecule has 0 saturated heterocycles. The Balaban J connectivity index is 1.63. The quantitative estimate of drug-likeness (QED) is 0.0326. The molecule has 15 nitrogen and oxygen atoms in total. The molecule has 59 heavy (non-hydrogen) atoms. The zero-order valence-corrected chi connectivity index (χ0v) is 32.9. The first-order chi connectivity index (χ1) is 28.1. The van der Waals surface area contributed by atoms with Crippen LogP contribution in [0.3, 0.4) is 0 Å². The summed E-state index contributed by atoms with van der Waals surface area (Å²) >= 11 is 0. The van der Waals surface area contributed by atoms with Gasteiger partial charge in [0.2, 0.25) is 20.4 Å². The minimum absolute atomic E-state index is 0.00656. The van der Waals surface area contributed by atoms with Gasteiger partial charge < -0.3 is 42.6 Å². The second kappa shape index (κ2) is 20.5. The van der Waals surface area contributed by atoms with Gasteiger partial charge in [-0.1, -0.05) is 19.7 Å². The number of esters is 6. The van der Waals surface area contributed by atoms with Gasteiger partial charge in [-0.05, 0) is 111 Å². The third-order valence-corrected chi connectivity index (χ3v) is 8.34. The first-order valence-corrected chi connectivity index (χ1v) is 17.5. The fraction of sp³-hybridized carbons (Fsp3) is 0.182. The number of rotatable bonds is 18. The third kappa shape index (κ3) is 11.9. The Morgan fingerprint density at radius 2 is 0.780 bits per heavy atom. The van der Waals surface area contributed by atoms with Crippen molar-refractivity contribution in [2.75, 3.05) is 20.4 Å². The van der Waals surface area contributed by atoms with E-state index in [1.807, 2.05) is 0 Å². The first kappa shape index (κ1) is 44.0. The number of hydrogen-bond acceptors (Lipinski definition) is 15. The molecule has 0 heterocycles. The number of hydrogen-bond donors (Lipinski definition) is 0. The second-order valence-electron chi connectivity index (χ2n) is 12.4. The summed E-state index contributed by atoms with van der Waals surface area (Å²) in [7, 11) is 0. The Morgan fingerprint density at radius 3 is 1.12 bits per heavy atom. The zero-order chi connectivity index (χ0) is 43.2. The fourth-order valence-corrected chi connectivity index (χ4v) is 5.06. The molecule has 4 aromatic carbocycles. The molecular weight excluding hydrogens is 768 g/mol. The number of ether oxygens (including phenoxy) is 9. The molecule has 0 aliphatic heterocycles. The van der Waals surface area contributed by atoms with E-state index in [0.29, 0.717) is 45.1 Å². The van der Waals surface area contributed by atoms with E-state index < -0.39 is 35.8 Å². The van der Waals surface area contributed by atoms with Crippen LogP contribution in [0.5, 0.6) is 34.5 Å². The van der Waals surface area contributed by atoms with Crippen LogP contribution < -0.4 is 28.4 Å². The molecule has 0 aliphatic carbocycles. The SMILES string of the molecule is C=CC(=O)OCOc1ccc(C(=O)Oc2cc(OC(=O)c3ccc(OCOC(=O)C=C)c(C)c3)c(OC(=O)c3ccc(OCOC(=O)C=C)c(C)c3)c(C)c2C)cc1C. The van der Waals surface area contributed by atoms with Crippen LogP contribution in [0.2, 0.25) is 0 Å². The Bertz CT molecular complexity index is 2320. The normalized spacial score (nSPS) is 10.3. The number of aryl methyl sites for hydroxylation is 3. The van der Waals surface area contributed by atoms with Crippen LogP contribution in [-0.2, 0) is 28.6 Å². The van der Waals surface area contributed by atoms with Crippen molar-refractivity contribution in [3.63, 3.8) is 0 Å². The van der Waals surface area contributed by atoms with E-state index in [1.54, 1.807) is 34.6 Å². The van der Waals surface area contributed by atoms with Crippen LogP contribution in [0.15, 0.2) is 98.6 Å². The van der Waals surface area contributed by atoms with Gasteiger partial charge >= 0.3 is 35.8 Å². The molecule has 0 aliphatic rings. The summed E-state index contributed by atoms with van der Waals surface area (Å²) in [4.78, 5) is 74.7. The van der Waals surface area contributed by atoms with Crippen molar-refractivity contribution in [2.24, 2.45) is 0 Å². The van der Waals surface area contributed by atoms with Crippen molar-refractivity contribution in [2.45, 2.75) is 34.6 Å². The van der Waals surface area contributed by atoms with Gasteiger partial charge in [0.05, 0.1) is 16.7 Å². The standard InChI is InChI=1S/C44H40O15/c1-9-38(45)54-22-51-33-15-12-30(18-25(33)4)42(48)57-36-21-37(58-43(49)31-13-16-34(26(5)19-31)52-23-55-39(46)10-2)41(29(8)28(36)7)59-44(50)32-14-17-35(27(6)20-32)53-24-56-40(47)11-3/h9-21H,1-3,22-24H2,4-8H3. The van der Waals surface area contributed by atoms with Crippen molar-refractivity contribution < 1.29 is 71.4 Å². The van der Waals surface area contributed by atoms with Gasteiger partial charge in [0.25, 0.3) is 0 Å². The average Bonchev–Trinajstić information content (AvgIpc) is 3.22. The van der Waals surface area contributed by atoms with Crippen molar-refractivity contribution in [3.8, 4) is 34.5 Å². The molecule has 0 saturated carbocycles. The van der Waals surface area contributed by atoms with Gasteiger partial charge in [-0.3, -0.25) is 0 Å². The Morgan fingerprint density at radius 1 is 0.441 bits per heavy atom. The molecule has 15 heteroatoms. The summed E-state index contributed by atoms with van der Waals surface area (Å²) < 4.78 is 48.4. The van der Waals surface area contributed by atoms with Crippen molar-refractivity contribution >= 4 is 35.8 Å². The first-order valence-electron chi connectivity index (χ1n) is 17.5. The predicted molar refractivity (Wildman–Crippen MR) is 210 cm³/mol. The molecule has 0 bridgehead atoms. The number of carbonyl (C=O) groups is 6. The van der Waals surface area contributed by atoms with E-state index in [0.717, 1.165) is 18.2 Å². The molecule has 0 aromatic heterocycles. The smallest absolute Gasteiger partial charge is 0.343 e. The summed E-state index contributed by atoms with van der Waals surface area (Å²) in [5, 5.41) is 0. The fourth-order valence-electron chi connectivity index (χ4n) is 5.06. The molecule has 4 aromatic rings. The summed E-state index contributed by atoms with van der Waals surface area (Å²) in [5.41, 5.74) is 2.56. The predicted octanol–water partition coefficient (Wildman–Crippen LogP) is 7.08. The number of benzene rings is 4. The van der Waals surface area contributed by atoms with Gasteiger partial charge in [0.15, 0.2) is 11.5 Å². The van der Waals surface area contributed by atoms with E-state index in [-0.39, 0.29) is 54.3 Å². The van der Waals surface area contributed by atoms with Gasteiger partial charge in [0, 0.05) is 29.9 Å². The van der Waals surface area contributed by atoms with Crippen LogP contribution in [0, 0.1) is 34.6 Å². The van der Waals surface area contributed by atoms with Gasteiger partial charge in [-0.2, -0.15) is 0 Å². The average molecular weight is 809 g/mol. The van der Waals surface area contributed by atoms with Gasteiger partial charge in [0.1, 0.15) is 23.0 Å². The molecule has 0 spiro atoms. The monoisotopic (exact) mass is 808 g/mol. The lowest BCUT2D eigenvalue weighted by Crippen LogP contribution is -2.16. The summed E-state index contributed by atoms with van der Waals surface area (Å²) in [6.45, 7) is 17.0. The van der Waals surface area contributed by atoms with E-state index in [9.17, 15) is 28.8 Å². The van der Waals surface area contributed by atoms with Crippen LogP contribution >= 0.6 is 0 Å². The van der Waals surface area contributed by atoms with Crippen LogP contribution in [0.25, 0.3) is 0 Å². The van der Waals surface area contributed by atoms with Gasteiger partial charge in [-0.25, -0.2) is 28.8 Å². The largest absolute Gasteiger partial charge is 0.457 e. The van der Waals surface area contributed by atoms with Crippen molar-refractivity contribution in [1.29, 1.82) is 0 Å². The minimum atomic E-state index is -0.866. The highest BCUT2D eigenvalue weighted by molar-refractivity contribution is 5.95. The van der Waals surface area contributed by atoms with Crippen molar-refractivity contribution in [3.05, 3.63) is 143 Å².